The van der Waals surface area contributed by atoms with Gasteiger partial charge in [0.1, 0.15) is 6.33 Å². The number of rotatable bonds is 5. The molecule has 0 N–H and O–H groups in total. The van der Waals surface area contributed by atoms with Crippen LogP contribution in [-0.4, -0.2) is 63.9 Å². The average Bonchev–Trinajstić information content (AvgIpc) is 3.22. The molecule has 0 aliphatic carbocycles. The second-order valence-electron chi connectivity index (χ2n) is 8.26. The first-order valence-electron chi connectivity index (χ1n) is 10.8. The highest BCUT2D eigenvalue weighted by Crippen LogP contribution is 2.26. The lowest BCUT2D eigenvalue weighted by Crippen LogP contribution is -2.49. The van der Waals surface area contributed by atoms with Crippen LogP contribution in [0.2, 0.25) is 0 Å². The SMILES string of the molecule is Cc1ccc(S(=O)(=O)N2CCN(c3ncnc4c3nnn4Cc3ccccc3)CC2)c(C)c1. The molecular weight excluding hydrogens is 438 g/mol. The molecule has 2 aromatic carbocycles. The van der Waals surface area contributed by atoms with Gasteiger partial charge in [0.15, 0.2) is 17.0 Å². The van der Waals surface area contributed by atoms with E-state index in [1.54, 1.807) is 15.1 Å². The third-order valence-corrected chi connectivity index (χ3v) is 8.00. The molecule has 2 aromatic heterocycles. The highest BCUT2D eigenvalue weighted by Gasteiger charge is 2.31. The number of sulfonamides is 1. The Kier molecular flexibility index (Phi) is 5.55. The summed E-state index contributed by atoms with van der Waals surface area (Å²) < 4.78 is 29.7. The van der Waals surface area contributed by atoms with E-state index in [9.17, 15) is 8.42 Å². The quantitative estimate of drug-likeness (QED) is 0.448. The molecule has 1 fully saturated rings. The van der Waals surface area contributed by atoms with Gasteiger partial charge in [-0.3, -0.25) is 0 Å². The predicted octanol–water partition coefficient (Wildman–Crippen LogP) is 2.40. The maximum Gasteiger partial charge on any atom is 0.243 e. The number of aromatic nitrogens is 5. The highest BCUT2D eigenvalue weighted by molar-refractivity contribution is 7.89. The van der Waals surface area contributed by atoms with Crippen LogP contribution in [0.25, 0.3) is 11.2 Å². The van der Waals surface area contributed by atoms with Crippen molar-refractivity contribution in [3.8, 4) is 0 Å². The van der Waals surface area contributed by atoms with Gasteiger partial charge in [0.25, 0.3) is 0 Å². The average molecular weight is 464 g/mol. The minimum atomic E-state index is -3.55. The van der Waals surface area contributed by atoms with Crippen LogP contribution in [0.15, 0.2) is 59.8 Å². The third kappa shape index (κ3) is 4.07. The minimum Gasteiger partial charge on any atom is -0.352 e. The number of hydrogen-bond acceptors (Lipinski definition) is 7. The van der Waals surface area contributed by atoms with Gasteiger partial charge in [-0.25, -0.2) is 23.1 Å². The topological polar surface area (TPSA) is 97.1 Å². The fourth-order valence-corrected chi connectivity index (χ4v) is 5.87. The van der Waals surface area contributed by atoms with Gasteiger partial charge in [-0.15, -0.1) is 5.10 Å². The van der Waals surface area contributed by atoms with Crippen LogP contribution in [-0.2, 0) is 16.6 Å². The van der Waals surface area contributed by atoms with E-state index in [0.29, 0.717) is 54.6 Å². The summed E-state index contributed by atoms with van der Waals surface area (Å²) in [5.41, 5.74) is 4.21. The molecule has 0 spiro atoms. The van der Waals surface area contributed by atoms with Crippen molar-refractivity contribution in [2.75, 3.05) is 31.1 Å². The lowest BCUT2D eigenvalue weighted by Gasteiger charge is -2.34. The molecule has 0 bridgehead atoms. The standard InChI is InChI=1S/C23H25N7O2S/c1-17-8-9-20(18(2)14-17)33(31,32)29-12-10-28(11-13-29)22-21-23(25-16-24-22)30(27-26-21)15-19-6-4-3-5-7-19/h3-9,14,16H,10-13,15H2,1-2H3. The molecule has 0 atom stereocenters. The third-order valence-electron chi connectivity index (χ3n) is 5.94. The smallest absolute Gasteiger partial charge is 0.243 e. The summed E-state index contributed by atoms with van der Waals surface area (Å²) in [6.45, 7) is 6.14. The van der Waals surface area contributed by atoms with E-state index in [1.807, 2.05) is 56.3 Å². The number of fused-ring (bicyclic) bond motifs is 1. The van der Waals surface area contributed by atoms with E-state index in [-0.39, 0.29) is 0 Å². The fourth-order valence-electron chi connectivity index (χ4n) is 4.24. The Balaban J connectivity index is 1.35. The van der Waals surface area contributed by atoms with Gasteiger partial charge in [-0.1, -0.05) is 53.2 Å². The van der Waals surface area contributed by atoms with Gasteiger partial charge in [-0.2, -0.15) is 4.31 Å². The first-order valence-corrected chi connectivity index (χ1v) is 12.3. The molecular formula is C23H25N7O2S. The Morgan fingerprint density at radius 1 is 0.939 bits per heavy atom. The molecule has 3 heterocycles. The summed E-state index contributed by atoms with van der Waals surface area (Å²) in [6.07, 6.45) is 1.52. The zero-order valence-electron chi connectivity index (χ0n) is 18.6. The molecule has 0 radical (unpaired) electrons. The Bertz CT molecular complexity index is 1400. The van der Waals surface area contributed by atoms with Crippen molar-refractivity contribution >= 4 is 27.0 Å². The molecule has 10 heteroatoms. The summed E-state index contributed by atoms with van der Waals surface area (Å²) >= 11 is 0. The Hall–Kier alpha value is -3.37. The zero-order chi connectivity index (χ0) is 23.0. The molecule has 0 amide bonds. The second kappa shape index (κ2) is 8.53. The van der Waals surface area contributed by atoms with Gasteiger partial charge in [0.2, 0.25) is 10.0 Å². The normalized spacial score (nSPS) is 15.3. The maximum absolute atomic E-state index is 13.2. The lowest BCUT2D eigenvalue weighted by atomic mass is 10.2. The van der Waals surface area contributed by atoms with E-state index in [2.05, 4.69) is 25.2 Å². The van der Waals surface area contributed by atoms with Gasteiger partial charge in [-0.05, 0) is 31.0 Å². The first-order chi connectivity index (χ1) is 15.9. The van der Waals surface area contributed by atoms with Crippen molar-refractivity contribution in [1.29, 1.82) is 0 Å². The Morgan fingerprint density at radius 3 is 2.42 bits per heavy atom. The highest BCUT2D eigenvalue weighted by atomic mass is 32.2. The van der Waals surface area contributed by atoms with Crippen LogP contribution in [0.5, 0.6) is 0 Å². The second-order valence-corrected chi connectivity index (χ2v) is 10.2. The van der Waals surface area contributed by atoms with Crippen LogP contribution in [0, 0.1) is 13.8 Å². The number of nitrogens with zero attached hydrogens (tertiary/aromatic N) is 7. The number of aryl methyl sites for hydroxylation is 2. The van der Waals surface area contributed by atoms with E-state index in [0.717, 1.165) is 16.7 Å². The largest absolute Gasteiger partial charge is 0.352 e. The molecule has 9 nitrogen and oxygen atoms in total. The number of hydrogen-bond donors (Lipinski definition) is 0. The molecule has 1 aliphatic rings. The van der Waals surface area contributed by atoms with Crippen molar-refractivity contribution < 1.29 is 8.42 Å². The van der Waals surface area contributed by atoms with Crippen LogP contribution < -0.4 is 4.90 Å². The van der Waals surface area contributed by atoms with E-state index in [4.69, 9.17) is 0 Å². The van der Waals surface area contributed by atoms with E-state index >= 15 is 0 Å². The lowest BCUT2D eigenvalue weighted by molar-refractivity contribution is 0.384. The monoisotopic (exact) mass is 463 g/mol. The summed E-state index contributed by atoms with van der Waals surface area (Å²) in [7, 11) is -3.55. The van der Waals surface area contributed by atoms with E-state index < -0.39 is 10.0 Å². The van der Waals surface area contributed by atoms with E-state index in [1.165, 1.54) is 6.33 Å². The summed E-state index contributed by atoms with van der Waals surface area (Å²) in [5, 5.41) is 8.63. The van der Waals surface area contributed by atoms with Crippen molar-refractivity contribution in [3.63, 3.8) is 0 Å². The van der Waals surface area contributed by atoms with Crippen molar-refractivity contribution in [2.24, 2.45) is 0 Å². The first kappa shape index (κ1) is 21.5. The fraction of sp³-hybridized carbons (Fsp3) is 0.304. The molecule has 5 rings (SSSR count). The number of benzene rings is 2. The predicted molar refractivity (Wildman–Crippen MR) is 126 cm³/mol. The molecule has 0 saturated carbocycles. The van der Waals surface area contributed by atoms with Gasteiger partial charge in [0, 0.05) is 26.2 Å². The van der Waals surface area contributed by atoms with Gasteiger partial charge in [0.05, 0.1) is 11.4 Å². The van der Waals surface area contributed by atoms with Crippen LogP contribution in [0.3, 0.4) is 0 Å². The van der Waals surface area contributed by atoms with Crippen LogP contribution in [0.1, 0.15) is 16.7 Å². The number of anilines is 1. The minimum absolute atomic E-state index is 0.370. The van der Waals surface area contributed by atoms with Crippen molar-refractivity contribution in [3.05, 3.63) is 71.5 Å². The van der Waals surface area contributed by atoms with Crippen molar-refractivity contribution in [1.82, 2.24) is 29.3 Å². The van der Waals surface area contributed by atoms with Crippen LogP contribution >= 0.6 is 0 Å². The maximum atomic E-state index is 13.2. The van der Waals surface area contributed by atoms with Crippen LogP contribution in [0.4, 0.5) is 5.82 Å². The molecule has 4 aromatic rings. The summed E-state index contributed by atoms with van der Waals surface area (Å²) in [5.74, 6) is 0.683. The molecule has 1 aliphatic heterocycles. The molecule has 0 unspecified atom stereocenters. The Morgan fingerprint density at radius 2 is 1.70 bits per heavy atom. The zero-order valence-corrected chi connectivity index (χ0v) is 19.4. The summed E-state index contributed by atoms with van der Waals surface area (Å²) in [6, 6.07) is 15.5. The molecule has 1 saturated heterocycles. The summed E-state index contributed by atoms with van der Waals surface area (Å²) in [4.78, 5) is 11.3. The molecule has 33 heavy (non-hydrogen) atoms. The molecule has 170 valence electrons. The number of piperazine rings is 1. The van der Waals surface area contributed by atoms with Gasteiger partial charge < -0.3 is 4.90 Å². The van der Waals surface area contributed by atoms with Crippen molar-refractivity contribution in [2.45, 2.75) is 25.3 Å². The Labute approximate surface area is 192 Å². The van der Waals surface area contributed by atoms with Gasteiger partial charge >= 0.3 is 0 Å².